The minimum absolute atomic E-state index is 0.0712. The van der Waals surface area contributed by atoms with Gasteiger partial charge in [0.15, 0.2) is 5.78 Å². The van der Waals surface area contributed by atoms with Crippen LogP contribution in [0.15, 0.2) is 55.0 Å². The first-order chi connectivity index (χ1) is 11.6. The van der Waals surface area contributed by atoms with Crippen LogP contribution in [0.1, 0.15) is 38.9 Å². The number of hydrogen-bond acceptors (Lipinski definition) is 3. The molecule has 1 amide bonds. The van der Waals surface area contributed by atoms with Gasteiger partial charge in [0.05, 0.1) is 6.54 Å². The molecule has 0 aliphatic rings. The Morgan fingerprint density at radius 1 is 1.21 bits per heavy atom. The number of amides is 1. The van der Waals surface area contributed by atoms with Crippen LogP contribution in [0.3, 0.4) is 0 Å². The van der Waals surface area contributed by atoms with Gasteiger partial charge in [0.1, 0.15) is 5.69 Å². The van der Waals surface area contributed by atoms with Gasteiger partial charge in [-0.2, -0.15) is 5.10 Å². The minimum Gasteiger partial charge on any atom is -0.356 e. The van der Waals surface area contributed by atoms with E-state index in [0.29, 0.717) is 17.8 Å². The largest absolute Gasteiger partial charge is 0.356 e. The molecule has 3 aromatic rings. The molecule has 0 radical (unpaired) electrons. The zero-order chi connectivity index (χ0) is 16.9. The quantitative estimate of drug-likeness (QED) is 0.684. The number of Topliss-reactive ketones (excluding diaryl/α,β-unsaturated/α-hetero) is 1. The highest BCUT2D eigenvalue weighted by atomic mass is 16.2. The Morgan fingerprint density at radius 3 is 2.58 bits per heavy atom. The number of aromatic nitrogens is 3. The van der Waals surface area contributed by atoms with E-state index in [9.17, 15) is 9.59 Å². The van der Waals surface area contributed by atoms with Crippen molar-refractivity contribution in [2.75, 3.05) is 0 Å². The first-order valence-electron chi connectivity index (χ1n) is 7.64. The summed E-state index contributed by atoms with van der Waals surface area (Å²) in [6, 6.07) is 11.5. The van der Waals surface area contributed by atoms with Gasteiger partial charge < -0.3 is 10.3 Å². The summed E-state index contributed by atoms with van der Waals surface area (Å²) in [5.74, 6) is -0.304. The van der Waals surface area contributed by atoms with E-state index >= 15 is 0 Å². The third-order valence-corrected chi connectivity index (χ3v) is 3.71. The molecule has 0 saturated carbocycles. The maximum atomic E-state index is 12.1. The number of nitrogens with zero attached hydrogens (tertiary/aromatic N) is 2. The second-order valence-corrected chi connectivity index (χ2v) is 5.56. The van der Waals surface area contributed by atoms with Gasteiger partial charge in [0.25, 0.3) is 5.91 Å². The Balaban J connectivity index is 1.55. The number of carbonyl (C=O) groups excluding carboxylic acids is 2. The number of benzene rings is 1. The number of rotatable bonds is 6. The first kappa shape index (κ1) is 15.7. The minimum atomic E-state index is -0.233. The molecule has 6 heteroatoms. The van der Waals surface area contributed by atoms with Crippen molar-refractivity contribution in [2.24, 2.45) is 0 Å². The maximum Gasteiger partial charge on any atom is 0.267 e. The molecule has 1 aromatic carbocycles. The van der Waals surface area contributed by atoms with Crippen LogP contribution in [-0.4, -0.2) is 26.5 Å². The van der Waals surface area contributed by atoms with Crippen LogP contribution >= 0.6 is 0 Å². The van der Waals surface area contributed by atoms with E-state index in [4.69, 9.17) is 0 Å². The average Bonchev–Trinajstić information content (AvgIpc) is 3.25. The molecule has 0 saturated heterocycles. The van der Waals surface area contributed by atoms with Crippen molar-refractivity contribution < 1.29 is 9.59 Å². The van der Waals surface area contributed by atoms with Crippen molar-refractivity contribution in [1.82, 2.24) is 20.1 Å². The fraction of sp³-hybridized carbons (Fsp3) is 0.167. The molecule has 6 nitrogen and oxygen atoms in total. The Kier molecular flexibility index (Phi) is 4.56. The maximum absolute atomic E-state index is 12.1. The number of carbonyl (C=O) groups is 2. The van der Waals surface area contributed by atoms with Gasteiger partial charge in [-0.05, 0) is 30.2 Å². The molecule has 0 fully saturated rings. The zero-order valence-corrected chi connectivity index (χ0v) is 13.3. The van der Waals surface area contributed by atoms with E-state index in [1.54, 1.807) is 18.5 Å². The highest BCUT2D eigenvalue weighted by Crippen LogP contribution is 2.08. The lowest BCUT2D eigenvalue weighted by Crippen LogP contribution is -2.23. The molecular formula is C18H18N4O2. The van der Waals surface area contributed by atoms with Crippen molar-refractivity contribution in [3.05, 3.63) is 77.4 Å². The number of H-pyrrole nitrogens is 1. The highest BCUT2D eigenvalue weighted by molar-refractivity contribution is 5.99. The lowest BCUT2D eigenvalue weighted by molar-refractivity contribution is 0.0946. The summed E-state index contributed by atoms with van der Waals surface area (Å²) < 4.78 is 1.86. The van der Waals surface area contributed by atoms with Crippen molar-refractivity contribution in [3.63, 3.8) is 0 Å². The van der Waals surface area contributed by atoms with Crippen molar-refractivity contribution in [3.8, 4) is 0 Å². The summed E-state index contributed by atoms with van der Waals surface area (Å²) in [5.41, 5.74) is 3.04. The van der Waals surface area contributed by atoms with E-state index in [1.165, 1.54) is 6.92 Å². The zero-order valence-electron chi connectivity index (χ0n) is 13.3. The van der Waals surface area contributed by atoms with E-state index in [1.807, 2.05) is 41.2 Å². The van der Waals surface area contributed by atoms with Gasteiger partial charge in [-0.25, -0.2) is 0 Å². The summed E-state index contributed by atoms with van der Waals surface area (Å²) in [7, 11) is 0. The van der Waals surface area contributed by atoms with E-state index in [-0.39, 0.29) is 11.7 Å². The molecule has 0 atom stereocenters. The van der Waals surface area contributed by atoms with Crippen LogP contribution in [0.5, 0.6) is 0 Å². The molecule has 24 heavy (non-hydrogen) atoms. The number of hydrogen-bond donors (Lipinski definition) is 2. The molecule has 3 rings (SSSR count). The summed E-state index contributed by atoms with van der Waals surface area (Å²) in [6.45, 7) is 2.61. The Labute approximate surface area is 139 Å². The van der Waals surface area contributed by atoms with E-state index < -0.39 is 0 Å². The molecule has 0 spiro atoms. The molecule has 0 aliphatic carbocycles. The molecule has 2 N–H and O–H groups in total. The third kappa shape index (κ3) is 3.78. The summed E-state index contributed by atoms with van der Waals surface area (Å²) >= 11 is 0. The Hall–Kier alpha value is -3.15. The van der Waals surface area contributed by atoms with Crippen molar-refractivity contribution in [1.29, 1.82) is 0 Å². The standard InChI is InChI=1S/C18H18N4O2/c1-13(23)16-9-17(19-11-16)18(24)20-10-14-3-5-15(6-4-14)12-22-8-2-7-21-22/h2-9,11,19H,10,12H2,1H3,(H,20,24). The lowest BCUT2D eigenvalue weighted by Gasteiger charge is -2.06. The smallest absolute Gasteiger partial charge is 0.267 e. The topological polar surface area (TPSA) is 79.8 Å². The Morgan fingerprint density at radius 2 is 1.96 bits per heavy atom. The second kappa shape index (κ2) is 6.95. The molecular weight excluding hydrogens is 304 g/mol. The molecule has 122 valence electrons. The van der Waals surface area contributed by atoms with Gasteiger partial charge in [0.2, 0.25) is 0 Å². The highest BCUT2D eigenvalue weighted by Gasteiger charge is 2.10. The van der Waals surface area contributed by atoms with E-state index in [0.717, 1.165) is 17.7 Å². The van der Waals surface area contributed by atoms with Crippen LogP contribution in [0.4, 0.5) is 0 Å². The molecule has 2 heterocycles. The fourth-order valence-electron chi connectivity index (χ4n) is 2.35. The number of nitrogens with one attached hydrogen (secondary N) is 2. The van der Waals surface area contributed by atoms with Crippen LogP contribution in [0.2, 0.25) is 0 Å². The predicted octanol–water partition coefficient (Wildman–Crippen LogP) is 2.39. The number of ketones is 1. The predicted molar refractivity (Wildman–Crippen MR) is 89.7 cm³/mol. The van der Waals surface area contributed by atoms with Crippen molar-refractivity contribution in [2.45, 2.75) is 20.0 Å². The first-order valence-corrected chi connectivity index (χ1v) is 7.64. The lowest BCUT2D eigenvalue weighted by atomic mass is 10.1. The monoisotopic (exact) mass is 322 g/mol. The summed E-state index contributed by atoms with van der Waals surface area (Å²) in [4.78, 5) is 26.1. The normalized spacial score (nSPS) is 10.5. The molecule has 0 unspecified atom stereocenters. The van der Waals surface area contributed by atoms with Crippen LogP contribution < -0.4 is 5.32 Å². The summed E-state index contributed by atoms with van der Waals surface area (Å²) in [5, 5.41) is 7.01. The van der Waals surface area contributed by atoms with E-state index in [2.05, 4.69) is 15.4 Å². The Bertz CT molecular complexity index is 832. The van der Waals surface area contributed by atoms with Gasteiger partial charge in [-0.15, -0.1) is 0 Å². The van der Waals surface area contributed by atoms with Crippen LogP contribution in [0, 0.1) is 0 Å². The summed E-state index contributed by atoms with van der Waals surface area (Å²) in [6.07, 6.45) is 5.21. The van der Waals surface area contributed by atoms with Crippen molar-refractivity contribution >= 4 is 11.7 Å². The van der Waals surface area contributed by atoms with Gasteiger partial charge in [0, 0.05) is 30.7 Å². The average molecular weight is 322 g/mol. The second-order valence-electron chi connectivity index (χ2n) is 5.56. The fourth-order valence-corrected chi connectivity index (χ4v) is 2.35. The van der Waals surface area contributed by atoms with Gasteiger partial charge in [-0.3, -0.25) is 14.3 Å². The van der Waals surface area contributed by atoms with Gasteiger partial charge >= 0.3 is 0 Å². The number of aromatic amines is 1. The van der Waals surface area contributed by atoms with Gasteiger partial charge in [-0.1, -0.05) is 24.3 Å². The van der Waals surface area contributed by atoms with Crippen LogP contribution in [0.25, 0.3) is 0 Å². The van der Waals surface area contributed by atoms with Crippen LogP contribution in [-0.2, 0) is 13.1 Å². The molecule has 0 bridgehead atoms. The SMILES string of the molecule is CC(=O)c1c[nH]c(C(=O)NCc2ccc(Cn3cccn3)cc2)c1. The third-order valence-electron chi connectivity index (χ3n) is 3.71. The molecule has 2 aromatic heterocycles. The molecule has 0 aliphatic heterocycles.